The number of nitrogens with zero attached hydrogens (tertiary/aromatic N) is 2. The van der Waals surface area contributed by atoms with E-state index in [2.05, 4.69) is 9.98 Å². The highest BCUT2D eigenvalue weighted by Gasteiger charge is 2.16. The Hall–Kier alpha value is -2.42. The van der Waals surface area contributed by atoms with Crippen molar-refractivity contribution in [2.45, 2.75) is 27.3 Å². The number of carbonyl (C=O) groups is 1. The Bertz CT molecular complexity index is 611. The van der Waals surface area contributed by atoms with Crippen LogP contribution >= 0.6 is 0 Å². The zero-order valence-corrected chi connectivity index (χ0v) is 11.8. The fourth-order valence-corrected chi connectivity index (χ4v) is 1.71. The maximum atomic E-state index is 11.8. The lowest BCUT2D eigenvalue weighted by atomic mass is 10.1. The molecular formula is C14H17N3O3. The van der Waals surface area contributed by atoms with Crippen LogP contribution in [-0.4, -0.2) is 23.8 Å². The lowest BCUT2D eigenvalue weighted by Crippen LogP contribution is -2.18. The second-order valence-corrected chi connectivity index (χ2v) is 4.29. The van der Waals surface area contributed by atoms with Crippen molar-refractivity contribution >= 4 is 12.2 Å². The van der Waals surface area contributed by atoms with Crippen molar-refractivity contribution in [2.24, 2.45) is 10.9 Å². The summed E-state index contributed by atoms with van der Waals surface area (Å²) in [7, 11) is 0. The van der Waals surface area contributed by atoms with Crippen LogP contribution in [0, 0.1) is 31.1 Å². The zero-order chi connectivity index (χ0) is 15.1. The molecule has 0 saturated heterocycles. The van der Waals surface area contributed by atoms with Crippen LogP contribution in [0.3, 0.4) is 0 Å². The van der Waals surface area contributed by atoms with Crippen molar-refractivity contribution in [2.75, 3.05) is 6.61 Å². The van der Waals surface area contributed by atoms with Crippen LogP contribution in [0.4, 0.5) is 0 Å². The number of aliphatic imine (C=N–C) groups is 1. The first-order chi connectivity index (χ1) is 9.49. The van der Waals surface area contributed by atoms with Crippen molar-refractivity contribution in [1.29, 1.82) is 5.26 Å². The molecule has 1 N–H and O–H groups in total. The van der Waals surface area contributed by atoms with Gasteiger partial charge in [0.15, 0.2) is 5.92 Å². The number of carbonyl (C=O) groups excluding carboxylic acids is 1. The first kappa shape index (κ1) is 15.6. The Balaban J connectivity index is 2.81. The van der Waals surface area contributed by atoms with Gasteiger partial charge < -0.3 is 9.72 Å². The number of aromatic amines is 1. The van der Waals surface area contributed by atoms with Crippen molar-refractivity contribution in [3.05, 3.63) is 33.2 Å². The molecule has 0 radical (unpaired) electrons. The fraction of sp³-hybridized carbons (Fsp3) is 0.429. The van der Waals surface area contributed by atoms with E-state index in [-0.39, 0.29) is 18.7 Å². The Morgan fingerprint density at radius 1 is 1.60 bits per heavy atom. The molecule has 6 nitrogen and oxygen atoms in total. The number of rotatable bonds is 5. The Morgan fingerprint density at radius 3 is 2.85 bits per heavy atom. The average Bonchev–Trinajstić information content (AvgIpc) is 2.37. The molecule has 20 heavy (non-hydrogen) atoms. The summed E-state index contributed by atoms with van der Waals surface area (Å²) in [6.07, 6.45) is 1.22. The molecular weight excluding hydrogens is 258 g/mol. The maximum absolute atomic E-state index is 11.8. The van der Waals surface area contributed by atoms with Crippen LogP contribution in [0.25, 0.3) is 0 Å². The first-order valence-corrected chi connectivity index (χ1v) is 6.25. The standard InChI is InChI=1S/C14H17N3O3/c1-4-20-14(19)11(6-15)7-16-8-12-9(2)5-10(3)17-13(12)18/h5,7,11H,4,8H2,1-3H3,(H,17,18)/t11-/m0/s1. The van der Waals surface area contributed by atoms with Crippen molar-refractivity contribution in [3.8, 4) is 6.07 Å². The van der Waals surface area contributed by atoms with Crippen LogP contribution in [0.1, 0.15) is 23.7 Å². The number of ether oxygens (including phenoxy) is 1. The molecule has 0 spiro atoms. The van der Waals surface area contributed by atoms with E-state index >= 15 is 0 Å². The van der Waals surface area contributed by atoms with Crippen molar-refractivity contribution in [1.82, 2.24) is 4.98 Å². The van der Waals surface area contributed by atoms with Gasteiger partial charge in [-0.25, -0.2) is 0 Å². The smallest absolute Gasteiger partial charge is 0.328 e. The molecule has 1 atom stereocenters. The summed E-state index contributed by atoms with van der Waals surface area (Å²) in [5.74, 6) is -1.67. The molecule has 1 heterocycles. The third-order valence-corrected chi connectivity index (χ3v) is 2.68. The van der Waals surface area contributed by atoms with E-state index in [1.165, 1.54) is 6.21 Å². The van der Waals surface area contributed by atoms with E-state index in [0.29, 0.717) is 5.56 Å². The largest absolute Gasteiger partial charge is 0.465 e. The van der Waals surface area contributed by atoms with Gasteiger partial charge in [-0.05, 0) is 32.4 Å². The van der Waals surface area contributed by atoms with Crippen LogP contribution in [0.15, 0.2) is 15.9 Å². The molecule has 1 aromatic heterocycles. The summed E-state index contributed by atoms with van der Waals surface area (Å²) in [6.45, 7) is 5.62. The number of nitriles is 1. The Morgan fingerprint density at radius 2 is 2.30 bits per heavy atom. The number of nitrogens with one attached hydrogen (secondary N) is 1. The van der Waals surface area contributed by atoms with E-state index < -0.39 is 11.9 Å². The van der Waals surface area contributed by atoms with E-state index in [1.807, 2.05) is 13.0 Å². The lowest BCUT2D eigenvalue weighted by Gasteiger charge is -2.04. The Kier molecular flexibility index (Phi) is 5.66. The fourth-order valence-electron chi connectivity index (χ4n) is 1.71. The summed E-state index contributed by atoms with van der Waals surface area (Å²) in [5.41, 5.74) is 1.92. The van der Waals surface area contributed by atoms with Gasteiger partial charge in [0.1, 0.15) is 0 Å². The summed E-state index contributed by atoms with van der Waals surface area (Å²) in [4.78, 5) is 29.8. The average molecular weight is 275 g/mol. The minimum Gasteiger partial charge on any atom is -0.465 e. The molecule has 6 heteroatoms. The number of esters is 1. The number of H-pyrrole nitrogens is 1. The molecule has 0 bridgehead atoms. The van der Waals surface area contributed by atoms with E-state index in [0.717, 1.165) is 11.3 Å². The molecule has 0 unspecified atom stereocenters. The van der Waals surface area contributed by atoms with Gasteiger partial charge in [0, 0.05) is 17.5 Å². The lowest BCUT2D eigenvalue weighted by molar-refractivity contribution is -0.143. The zero-order valence-electron chi connectivity index (χ0n) is 11.8. The Labute approximate surface area is 117 Å². The molecule has 0 saturated carbocycles. The molecule has 1 aromatic rings. The van der Waals surface area contributed by atoms with E-state index in [9.17, 15) is 9.59 Å². The highest BCUT2D eigenvalue weighted by Crippen LogP contribution is 2.05. The predicted molar refractivity (Wildman–Crippen MR) is 74.5 cm³/mol. The number of aromatic nitrogens is 1. The monoisotopic (exact) mass is 275 g/mol. The van der Waals surface area contributed by atoms with Crippen molar-refractivity contribution < 1.29 is 9.53 Å². The summed E-state index contributed by atoms with van der Waals surface area (Å²) in [6, 6.07) is 3.65. The van der Waals surface area contributed by atoms with E-state index in [4.69, 9.17) is 10.00 Å². The van der Waals surface area contributed by atoms with E-state index in [1.54, 1.807) is 19.9 Å². The van der Waals surface area contributed by atoms with Gasteiger partial charge in [0.05, 0.1) is 19.2 Å². The van der Waals surface area contributed by atoms with Crippen LogP contribution < -0.4 is 5.56 Å². The quantitative estimate of drug-likeness (QED) is 0.646. The summed E-state index contributed by atoms with van der Waals surface area (Å²) >= 11 is 0. The molecule has 1 rings (SSSR count). The number of hydrogen-bond acceptors (Lipinski definition) is 5. The number of hydrogen-bond donors (Lipinski definition) is 1. The van der Waals surface area contributed by atoms with Crippen LogP contribution in [-0.2, 0) is 16.1 Å². The molecule has 0 aliphatic heterocycles. The highest BCUT2D eigenvalue weighted by molar-refractivity contribution is 5.92. The second kappa shape index (κ2) is 7.24. The van der Waals surface area contributed by atoms with Gasteiger partial charge in [0.2, 0.25) is 0 Å². The molecule has 106 valence electrons. The SMILES string of the molecule is CCOC(=O)[C@@H](C#N)C=NCc1c(C)cc(C)[nH]c1=O. The molecule has 0 amide bonds. The third-order valence-electron chi connectivity index (χ3n) is 2.68. The minimum absolute atomic E-state index is 0.124. The number of pyridine rings is 1. The second-order valence-electron chi connectivity index (χ2n) is 4.29. The van der Waals surface area contributed by atoms with Gasteiger partial charge in [-0.15, -0.1) is 0 Å². The highest BCUT2D eigenvalue weighted by atomic mass is 16.5. The predicted octanol–water partition coefficient (Wildman–Crippen LogP) is 1.27. The number of aryl methyl sites for hydroxylation is 2. The van der Waals surface area contributed by atoms with Gasteiger partial charge in [-0.3, -0.25) is 14.6 Å². The molecule has 0 aromatic carbocycles. The minimum atomic E-state index is -1.04. The maximum Gasteiger partial charge on any atom is 0.328 e. The van der Waals surface area contributed by atoms with Crippen molar-refractivity contribution in [3.63, 3.8) is 0 Å². The van der Waals surface area contributed by atoms with Crippen LogP contribution in [0.2, 0.25) is 0 Å². The van der Waals surface area contributed by atoms with Gasteiger partial charge in [-0.1, -0.05) is 0 Å². The molecule has 0 aliphatic carbocycles. The molecule has 0 fully saturated rings. The first-order valence-electron chi connectivity index (χ1n) is 6.25. The molecule has 0 aliphatic rings. The van der Waals surface area contributed by atoms with Gasteiger partial charge in [-0.2, -0.15) is 5.26 Å². The van der Waals surface area contributed by atoms with Gasteiger partial charge >= 0.3 is 5.97 Å². The third kappa shape index (κ3) is 4.05. The summed E-state index contributed by atoms with van der Waals surface area (Å²) < 4.78 is 4.74. The van der Waals surface area contributed by atoms with Gasteiger partial charge in [0.25, 0.3) is 5.56 Å². The topological polar surface area (TPSA) is 95.3 Å². The van der Waals surface area contributed by atoms with Crippen LogP contribution in [0.5, 0.6) is 0 Å². The normalized spacial score (nSPS) is 12.1. The summed E-state index contributed by atoms with van der Waals surface area (Å²) in [5, 5.41) is 8.86.